The molecule has 0 aromatic carbocycles. The molecular formula is C4HNO4S. The first-order valence-corrected chi connectivity index (χ1v) is 2.61. The van der Waals surface area contributed by atoms with Crippen molar-refractivity contribution in [2.24, 2.45) is 4.36 Å². The fraction of sp³-hybridized carbons (Fsp3) is 0.250. The third kappa shape index (κ3) is 0.487. The lowest BCUT2D eigenvalue weighted by Crippen LogP contribution is -2.23. The molecule has 0 atom stereocenters. The molecule has 1 saturated carbocycles. The van der Waals surface area contributed by atoms with Gasteiger partial charge >= 0.3 is 11.5 Å². The number of carbonyl (C=O) groups excluding carboxylic acids is 2. The number of Topliss-reactive ketones (excluding diaryl/α,β-unsaturated/α-hetero) is 2. The van der Waals surface area contributed by atoms with Crippen LogP contribution >= 0.6 is 0 Å². The molecule has 5 nitrogen and oxygen atoms in total. The summed E-state index contributed by atoms with van der Waals surface area (Å²) in [4.78, 5) is 30.8. The molecule has 0 spiro atoms. The summed E-state index contributed by atoms with van der Waals surface area (Å²) in [5, 5.41) is 8.24. The Labute approximate surface area is 60.2 Å². The Bertz CT molecular complexity index is 244. The Morgan fingerprint density at radius 1 is 1.50 bits per heavy atom. The van der Waals surface area contributed by atoms with Crippen LogP contribution in [-0.2, 0) is 26.8 Å². The van der Waals surface area contributed by atoms with Gasteiger partial charge < -0.3 is 5.11 Å². The smallest absolute Gasteiger partial charge is 0.349 e. The summed E-state index contributed by atoms with van der Waals surface area (Å²) in [6, 6.07) is 0. The molecule has 1 aliphatic carbocycles. The highest BCUT2D eigenvalue weighted by Crippen LogP contribution is 2.30. The average molecular weight is 159 g/mol. The first kappa shape index (κ1) is 6.94. The summed E-state index contributed by atoms with van der Waals surface area (Å²) in [6.07, 6.45) is 0. The summed E-state index contributed by atoms with van der Waals surface area (Å²) in [5.74, 6) is -3.65. The van der Waals surface area contributed by atoms with Gasteiger partial charge in [0.15, 0.2) is 0 Å². The van der Waals surface area contributed by atoms with E-state index in [9.17, 15) is 14.4 Å². The summed E-state index contributed by atoms with van der Waals surface area (Å²) < 4.78 is 2.78. The van der Waals surface area contributed by atoms with Crippen molar-refractivity contribution in [3.8, 4) is 0 Å². The molecule has 0 aromatic rings. The van der Waals surface area contributed by atoms with E-state index in [4.69, 9.17) is 5.11 Å². The van der Waals surface area contributed by atoms with Crippen molar-refractivity contribution in [3.63, 3.8) is 0 Å². The highest BCUT2D eigenvalue weighted by molar-refractivity contribution is 7.47. The molecule has 1 fully saturated rings. The van der Waals surface area contributed by atoms with Gasteiger partial charge in [-0.1, -0.05) is 0 Å². The molecule has 6 heteroatoms. The first-order chi connectivity index (χ1) is 4.57. The number of rotatable bonds is 2. The second-order valence-corrected chi connectivity index (χ2v) is 1.95. The van der Waals surface area contributed by atoms with Gasteiger partial charge in [0.2, 0.25) is 0 Å². The highest BCUT2D eigenvalue weighted by Gasteiger charge is 2.73. The minimum absolute atomic E-state index is 1.03. The van der Waals surface area contributed by atoms with Gasteiger partial charge in [-0.2, -0.15) is 4.36 Å². The SMILES string of the molecule is O=C(O)C1(N=S)C(=O)C1=O. The number of hydrogen-bond donors (Lipinski definition) is 1. The second kappa shape index (κ2) is 1.66. The number of nitrogens with zero attached hydrogens (tertiary/aromatic N) is 1. The fourth-order valence-corrected chi connectivity index (χ4v) is 0.788. The number of carboxylic acids is 1. The lowest BCUT2D eigenvalue weighted by molar-refractivity contribution is -0.141. The highest BCUT2D eigenvalue weighted by atomic mass is 32.1. The number of hydrogen-bond acceptors (Lipinski definition) is 5. The van der Waals surface area contributed by atoms with E-state index in [0.717, 1.165) is 0 Å². The van der Waals surface area contributed by atoms with Crippen molar-refractivity contribution in [3.05, 3.63) is 0 Å². The molecule has 0 aromatic heterocycles. The Kier molecular flexibility index (Phi) is 1.15. The molecule has 0 amide bonds. The summed E-state index contributed by atoms with van der Waals surface area (Å²) in [7, 11) is 0. The molecule has 1 rings (SSSR count). The van der Waals surface area contributed by atoms with Crippen LogP contribution in [0, 0.1) is 0 Å². The first-order valence-electron chi connectivity index (χ1n) is 2.24. The Morgan fingerprint density at radius 3 is 1.90 bits per heavy atom. The number of aliphatic carboxylic acids is 1. The van der Waals surface area contributed by atoms with E-state index in [2.05, 4.69) is 16.8 Å². The molecular weight excluding hydrogens is 158 g/mol. The van der Waals surface area contributed by atoms with Gasteiger partial charge in [0, 0.05) is 12.4 Å². The predicted octanol–water partition coefficient (Wildman–Crippen LogP) is -1.31. The van der Waals surface area contributed by atoms with Crippen LogP contribution in [0.4, 0.5) is 0 Å². The maximum atomic E-state index is 10.3. The summed E-state index contributed by atoms with van der Waals surface area (Å²) in [5.41, 5.74) is -2.21. The van der Waals surface area contributed by atoms with Gasteiger partial charge in [-0.25, -0.2) is 4.79 Å². The zero-order valence-corrected chi connectivity index (χ0v) is 5.34. The Balaban J connectivity index is 3.08. The third-order valence-corrected chi connectivity index (χ3v) is 1.52. The predicted molar refractivity (Wildman–Crippen MR) is 30.2 cm³/mol. The number of carbonyl (C=O) groups is 3. The fourth-order valence-electron chi connectivity index (χ4n) is 0.544. The molecule has 1 aliphatic rings. The normalized spacial score (nSPS) is 20.4. The standard InChI is InChI=1S/C4HNO4S/c6-1-2(7)4(1,5-10)3(8)9/h(H,8,9). The van der Waals surface area contributed by atoms with E-state index in [0.29, 0.717) is 0 Å². The zero-order valence-electron chi connectivity index (χ0n) is 4.53. The van der Waals surface area contributed by atoms with Crippen LogP contribution in [0.5, 0.6) is 0 Å². The van der Waals surface area contributed by atoms with Crippen LogP contribution in [0.25, 0.3) is 0 Å². The van der Waals surface area contributed by atoms with Crippen molar-refractivity contribution in [2.75, 3.05) is 0 Å². The van der Waals surface area contributed by atoms with E-state index in [1.807, 2.05) is 0 Å². The van der Waals surface area contributed by atoms with Gasteiger partial charge in [-0.15, -0.1) is 0 Å². The monoisotopic (exact) mass is 159 g/mol. The van der Waals surface area contributed by atoms with Crippen molar-refractivity contribution in [1.82, 2.24) is 0 Å². The largest absolute Gasteiger partial charge is 0.479 e. The number of ketones is 2. The van der Waals surface area contributed by atoms with Crippen LogP contribution in [-0.4, -0.2) is 28.2 Å². The third-order valence-electron chi connectivity index (χ3n) is 1.25. The topological polar surface area (TPSA) is 83.8 Å². The molecule has 0 saturated heterocycles. The minimum atomic E-state index is -2.21. The van der Waals surface area contributed by atoms with Crippen LogP contribution in [0.3, 0.4) is 0 Å². The van der Waals surface area contributed by atoms with Crippen LogP contribution in [0.1, 0.15) is 0 Å². The van der Waals surface area contributed by atoms with Gasteiger partial charge in [0.25, 0.3) is 11.6 Å². The summed E-state index contributed by atoms with van der Waals surface area (Å²) >= 11 is 3.98. The van der Waals surface area contributed by atoms with Crippen molar-refractivity contribution < 1.29 is 19.5 Å². The van der Waals surface area contributed by atoms with Crippen molar-refractivity contribution >= 4 is 30.0 Å². The average Bonchev–Trinajstić information content (AvgIpc) is 2.38. The molecule has 0 radical (unpaired) electrons. The zero-order chi connectivity index (χ0) is 7.94. The molecule has 1 N–H and O–H groups in total. The van der Waals surface area contributed by atoms with E-state index in [1.165, 1.54) is 0 Å². The molecule has 0 aliphatic heterocycles. The van der Waals surface area contributed by atoms with Gasteiger partial charge in [-0.05, 0) is 0 Å². The molecule has 0 bridgehead atoms. The Hall–Kier alpha value is -1.17. The van der Waals surface area contributed by atoms with E-state index in [-0.39, 0.29) is 0 Å². The van der Waals surface area contributed by atoms with Gasteiger partial charge in [-0.3, -0.25) is 9.59 Å². The lowest BCUT2D eigenvalue weighted by atomic mass is 10.3. The van der Waals surface area contributed by atoms with E-state index >= 15 is 0 Å². The lowest BCUT2D eigenvalue weighted by Gasteiger charge is -1.90. The van der Waals surface area contributed by atoms with Gasteiger partial charge in [0.1, 0.15) is 0 Å². The van der Waals surface area contributed by atoms with E-state index in [1.54, 1.807) is 0 Å². The van der Waals surface area contributed by atoms with Gasteiger partial charge in [0.05, 0.1) is 0 Å². The quantitative estimate of drug-likeness (QED) is 0.399. The van der Waals surface area contributed by atoms with Crippen LogP contribution in [0.2, 0.25) is 0 Å². The summed E-state index contributed by atoms with van der Waals surface area (Å²) in [6.45, 7) is 0. The molecule has 10 heavy (non-hydrogen) atoms. The number of carboxylic acid groups (broad SMARTS) is 1. The minimum Gasteiger partial charge on any atom is -0.479 e. The van der Waals surface area contributed by atoms with Crippen LogP contribution < -0.4 is 0 Å². The van der Waals surface area contributed by atoms with Crippen LogP contribution in [0.15, 0.2) is 4.36 Å². The van der Waals surface area contributed by atoms with Crippen molar-refractivity contribution in [1.29, 1.82) is 0 Å². The molecule has 0 unspecified atom stereocenters. The maximum Gasteiger partial charge on any atom is 0.349 e. The Morgan fingerprint density at radius 2 is 1.90 bits per heavy atom. The van der Waals surface area contributed by atoms with E-state index < -0.39 is 23.1 Å². The second-order valence-electron chi connectivity index (χ2n) is 1.77. The molecule has 52 valence electrons. The molecule has 0 heterocycles. The van der Waals surface area contributed by atoms with Crippen molar-refractivity contribution in [2.45, 2.75) is 5.54 Å². The maximum absolute atomic E-state index is 10.3.